The van der Waals surface area contributed by atoms with Gasteiger partial charge in [0.25, 0.3) is 0 Å². The molecule has 1 unspecified atom stereocenters. The number of methoxy groups -OCH3 is 1. The molecule has 0 aliphatic carbocycles. The van der Waals surface area contributed by atoms with Crippen LogP contribution in [0, 0.1) is 0 Å². The van der Waals surface area contributed by atoms with Crippen LogP contribution in [0.5, 0.6) is 5.75 Å². The van der Waals surface area contributed by atoms with Crippen molar-refractivity contribution in [3.8, 4) is 5.75 Å². The minimum atomic E-state index is -0.0285. The molecule has 3 aromatic carbocycles. The molecule has 0 bridgehead atoms. The fourth-order valence-corrected chi connectivity index (χ4v) is 5.38. The molecule has 3 aromatic rings. The molecule has 5 rings (SSSR count). The van der Waals surface area contributed by atoms with Crippen LogP contribution in [0.3, 0.4) is 0 Å². The maximum absolute atomic E-state index is 12.5. The molecule has 1 amide bonds. The number of carbonyl (C=O) groups excluding carboxylic acids is 1. The second-order valence-corrected chi connectivity index (χ2v) is 10.2. The highest BCUT2D eigenvalue weighted by molar-refractivity contribution is 5.92. The Bertz CT molecular complexity index is 1230. The molecule has 0 saturated carbocycles. The molecule has 6 nitrogen and oxygen atoms in total. The second-order valence-electron chi connectivity index (χ2n) is 10.2. The van der Waals surface area contributed by atoms with E-state index in [1.807, 2.05) is 35.2 Å². The molecule has 0 radical (unpaired) electrons. The van der Waals surface area contributed by atoms with Crippen LogP contribution in [0.15, 0.2) is 72.8 Å². The largest absolute Gasteiger partial charge is 0.490 e. The Kier molecular flexibility index (Phi) is 9.07. The standard InChI is InChI=1S/C32H38N2O4/c1-36-30(23-33-16-14-26(15-17-33)29-11-10-25-6-2-3-8-28(25)22-29)24-38-31-9-5-4-7-27(31)12-13-32(35)34-18-20-37-21-19-34/h2-13,22,26,30H,14-21,23-24H2,1H3. The van der Waals surface area contributed by atoms with Gasteiger partial charge in [0.05, 0.1) is 13.2 Å². The maximum Gasteiger partial charge on any atom is 0.246 e. The summed E-state index contributed by atoms with van der Waals surface area (Å²) < 4.78 is 17.3. The Labute approximate surface area is 225 Å². The zero-order chi connectivity index (χ0) is 26.2. The van der Waals surface area contributed by atoms with E-state index >= 15 is 0 Å². The van der Waals surface area contributed by atoms with E-state index < -0.39 is 0 Å². The van der Waals surface area contributed by atoms with Gasteiger partial charge in [0.2, 0.25) is 5.91 Å². The fourth-order valence-electron chi connectivity index (χ4n) is 5.38. The van der Waals surface area contributed by atoms with Crippen LogP contribution in [0.2, 0.25) is 0 Å². The monoisotopic (exact) mass is 514 g/mol. The summed E-state index contributed by atoms with van der Waals surface area (Å²) in [5.41, 5.74) is 2.34. The highest BCUT2D eigenvalue weighted by Gasteiger charge is 2.23. The van der Waals surface area contributed by atoms with E-state index in [2.05, 4.69) is 47.4 Å². The summed E-state index contributed by atoms with van der Waals surface area (Å²) in [5, 5.41) is 2.63. The summed E-state index contributed by atoms with van der Waals surface area (Å²) in [4.78, 5) is 16.8. The highest BCUT2D eigenvalue weighted by atomic mass is 16.5. The SMILES string of the molecule is COC(COc1ccccc1C=CC(=O)N1CCOCC1)CN1CCC(c2ccc3ccccc3c2)CC1. The summed E-state index contributed by atoms with van der Waals surface area (Å²) in [6.07, 6.45) is 5.74. The molecule has 0 spiro atoms. The average Bonchev–Trinajstić information content (AvgIpc) is 2.99. The van der Waals surface area contributed by atoms with Gasteiger partial charge in [-0.05, 0) is 60.3 Å². The number of carbonyl (C=O) groups is 1. The molecule has 2 heterocycles. The maximum atomic E-state index is 12.5. The number of benzene rings is 3. The Morgan fingerprint density at radius 3 is 2.50 bits per heavy atom. The summed E-state index contributed by atoms with van der Waals surface area (Å²) in [7, 11) is 1.75. The number of ether oxygens (including phenoxy) is 3. The van der Waals surface area contributed by atoms with Crippen LogP contribution in [-0.2, 0) is 14.3 Å². The lowest BCUT2D eigenvalue weighted by Gasteiger charge is -2.34. The fraction of sp³-hybridized carbons (Fsp3) is 0.406. The quantitative estimate of drug-likeness (QED) is 0.377. The van der Waals surface area contributed by atoms with E-state index in [9.17, 15) is 4.79 Å². The van der Waals surface area contributed by atoms with Gasteiger partial charge in [-0.1, -0.05) is 60.7 Å². The second kappa shape index (κ2) is 13.1. The summed E-state index contributed by atoms with van der Waals surface area (Å²) in [6.45, 7) is 5.88. The molecule has 200 valence electrons. The van der Waals surface area contributed by atoms with Crippen LogP contribution >= 0.6 is 0 Å². The minimum absolute atomic E-state index is 0.00460. The third-order valence-corrected chi connectivity index (χ3v) is 7.70. The van der Waals surface area contributed by atoms with E-state index in [1.54, 1.807) is 13.2 Å². The normalized spacial score (nSPS) is 18.2. The van der Waals surface area contributed by atoms with Crippen molar-refractivity contribution in [2.24, 2.45) is 0 Å². The molecule has 2 saturated heterocycles. The minimum Gasteiger partial charge on any atom is -0.490 e. The molecular weight excluding hydrogens is 476 g/mol. The van der Waals surface area contributed by atoms with E-state index in [1.165, 1.54) is 16.3 Å². The molecule has 6 heteroatoms. The zero-order valence-corrected chi connectivity index (χ0v) is 22.3. The van der Waals surface area contributed by atoms with Crippen LogP contribution in [0.1, 0.15) is 29.9 Å². The number of piperidine rings is 1. The number of likely N-dealkylation sites (tertiary alicyclic amines) is 1. The van der Waals surface area contributed by atoms with Crippen LogP contribution in [-0.4, -0.2) is 81.5 Å². The van der Waals surface area contributed by atoms with Crippen molar-refractivity contribution in [3.63, 3.8) is 0 Å². The van der Waals surface area contributed by atoms with Gasteiger partial charge in [0.1, 0.15) is 18.5 Å². The third-order valence-electron chi connectivity index (χ3n) is 7.70. The Balaban J connectivity index is 1.12. The number of morpholine rings is 1. The van der Waals surface area contributed by atoms with Crippen molar-refractivity contribution < 1.29 is 19.0 Å². The lowest BCUT2D eigenvalue weighted by molar-refractivity contribution is -0.129. The van der Waals surface area contributed by atoms with Gasteiger partial charge in [-0.25, -0.2) is 0 Å². The van der Waals surface area contributed by atoms with Gasteiger partial charge >= 0.3 is 0 Å². The molecule has 2 fully saturated rings. The molecule has 1 atom stereocenters. The number of rotatable bonds is 9. The predicted molar refractivity (Wildman–Crippen MR) is 152 cm³/mol. The molecule has 0 N–H and O–H groups in total. The smallest absolute Gasteiger partial charge is 0.246 e. The van der Waals surface area contributed by atoms with Crippen molar-refractivity contribution in [3.05, 3.63) is 83.9 Å². The number of nitrogens with zero attached hydrogens (tertiary/aromatic N) is 2. The number of para-hydroxylation sites is 1. The molecule has 38 heavy (non-hydrogen) atoms. The van der Waals surface area contributed by atoms with E-state index in [0.29, 0.717) is 38.8 Å². The van der Waals surface area contributed by atoms with Crippen molar-refractivity contribution >= 4 is 22.8 Å². The topological polar surface area (TPSA) is 51.2 Å². The van der Waals surface area contributed by atoms with Gasteiger partial charge < -0.3 is 24.0 Å². The van der Waals surface area contributed by atoms with Crippen molar-refractivity contribution in [2.45, 2.75) is 24.9 Å². The van der Waals surface area contributed by atoms with Crippen LogP contribution < -0.4 is 4.74 Å². The lowest BCUT2D eigenvalue weighted by Crippen LogP contribution is -2.41. The average molecular weight is 515 g/mol. The number of hydrogen-bond donors (Lipinski definition) is 0. The lowest BCUT2D eigenvalue weighted by atomic mass is 9.88. The molecular formula is C32H38N2O4. The highest BCUT2D eigenvalue weighted by Crippen LogP contribution is 2.30. The number of hydrogen-bond acceptors (Lipinski definition) is 5. The van der Waals surface area contributed by atoms with Crippen molar-refractivity contribution in [1.82, 2.24) is 9.80 Å². The molecule has 2 aliphatic rings. The summed E-state index contributed by atoms with van der Waals surface area (Å²) in [5.74, 6) is 1.37. The Morgan fingerprint density at radius 2 is 1.71 bits per heavy atom. The van der Waals surface area contributed by atoms with Crippen LogP contribution in [0.25, 0.3) is 16.8 Å². The summed E-state index contributed by atoms with van der Waals surface area (Å²) >= 11 is 0. The third kappa shape index (κ3) is 6.81. The molecule has 2 aliphatic heterocycles. The van der Waals surface area contributed by atoms with Gasteiger partial charge in [-0.2, -0.15) is 0 Å². The van der Waals surface area contributed by atoms with Gasteiger partial charge in [-0.15, -0.1) is 0 Å². The van der Waals surface area contributed by atoms with Gasteiger partial charge in [0.15, 0.2) is 0 Å². The van der Waals surface area contributed by atoms with Crippen molar-refractivity contribution in [1.29, 1.82) is 0 Å². The number of fused-ring (bicyclic) bond motifs is 1. The van der Waals surface area contributed by atoms with Gasteiger partial charge in [-0.3, -0.25) is 4.79 Å². The van der Waals surface area contributed by atoms with Crippen molar-refractivity contribution in [2.75, 3.05) is 59.7 Å². The first-order chi connectivity index (χ1) is 18.7. The number of amides is 1. The Morgan fingerprint density at radius 1 is 0.974 bits per heavy atom. The van der Waals surface area contributed by atoms with Gasteiger partial charge in [0, 0.05) is 38.4 Å². The molecule has 0 aromatic heterocycles. The first-order valence-electron chi connectivity index (χ1n) is 13.7. The van der Waals surface area contributed by atoms with E-state index in [4.69, 9.17) is 14.2 Å². The predicted octanol–water partition coefficient (Wildman–Crippen LogP) is 4.99. The van der Waals surface area contributed by atoms with E-state index in [-0.39, 0.29) is 12.0 Å². The van der Waals surface area contributed by atoms with Crippen LogP contribution in [0.4, 0.5) is 0 Å². The zero-order valence-electron chi connectivity index (χ0n) is 22.3. The first kappa shape index (κ1) is 26.4. The Hall–Kier alpha value is -3.19. The van der Waals surface area contributed by atoms with E-state index in [0.717, 1.165) is 43.8 Å². The summed E-state index contributed by atoms with van der Waals surface area (Å²) in [6, 6.07) is 23.3. The first-order valence-corrected chi connectivity index (χ1v) is 13.7.